The van der Waals surface area contributed by atoms with E-state index in [4.69, 9.17) is 15.6 Å². The molecule has 4 rings (SSSR count). The summed E-state index contributed by atoms with van der Waals surface area (Å²) in [4.78, 5) is 23.6. The molecule has 0 saturated carbocycles. The highest BCUT2D eigenvalue weighted by Gasteiger charge is 2.15. The summed E-state index contributed by atoms with van der Waals surface area (Å²) in [5.74, 6) is 0.923. The lowest BCUT2D eigenvalue weighted by molar-refractivity contribution is 0.102. The molecule has 0 aliphatic carbocycles. The molecule has 1 amide bonds. The number of nitrogens with zero attached hydrogens (tertiary/aromatic N) is 3. The number of morpholine rings is 1. The van der Waals surface area contributed by atoms with Crippen LogP contribution in [0.1, 0.15) is 15.9 Å². The van der Waals surface area contributed by atoms with Crippen molar-refractivity contribution in [2.75, 3.05) is 36.5 Å². The second-order valence-corrected chi connectivity index (χ2v) is 7.53. The van der Waals surface area contributed by atoms with Crippen molar-refractivity contribution in [3.05, 3.63) is 59.9 Å². The molecular formula is C21H20N6O2S. The van der Waals surface area contributed by atoms with Crippen molar-refractivity contribution in [2.45, 2.75) is 0 Å². The molecule has 0 spiro atoms. The average Bonchev–Trinajstić information content (AvgIpc) is 2.79. The maximum atomic E-state index is 12.8. The zero-order chi connectivity index (χ0) is 20.9. The van der Waals surface area contributed by atoms with Crippen LogP contribution in [-0.4, -0.2) is 52.8 Å². The molecule has 3 heterocycles. The minimum atomic E-state index is -0.262. The molecule has 1 aromatic carbocycles. The van der Waals surface area contributed by atoms with Crippen LogP contribution in [0.15, 0.2) is 48.8 Å². The first-order chi connectivity index (χ1) is 14.6. The van der Waals surface area contributed by atoms with E-state index in [1.165, 1.54) is 0 Å². The molecule has 9 heteroatoms. The van der Waals surface area contributed by atoms with Crippen molar-refractivity contribution in [1.29, 1.82) is 10.8 Å². The van der Waals surface area contributed by atoms with Gasteiger partial charge in [0.2, 0.25) is 0 Å². The van der Waals surface area contributed by atoms with Gasteiger partial charge in [-0.15, -0.1) is 0 Å². The molecule has 0 unspecified atom stereocenters. The molecule has 152 valence electrons. The zero-order valence-corrected chi connectivity index (χ0v) is 16.9. The summed E-state index contributed by atoms with van der Waals surface area (Å²) >= 11 is 1.04. The fraction of sp³-hybridized carbons (Fsp3) is 0.190. The van der Waals surface area contributed by atoms with Crippen LogP contribution in [0.25, 0.3) is 10.8 Å². The number of rotatable bonds is 5. The van der Waals surface area contributed by atoms with Crippen LogP contribution >= 0.6 is 11.8 Å². The number of hydrogen-bond donors (Lipinski definition) is 3. The molecule has 1 aliphatic heterocycles. The average molecular weight is 420 g/mol. The third-order valence-corrected chi connectivity index (χ3v) is 5.33. The summed E-state index contributed by atoms with van der Waals surface area (Å²) in [6, 6.07) is 10.8. The van der Waals surface area contributed by atoms with Gasteiger partial charge in [0.25, 0.3) is 5.91 Å². The third-order valence-electron chi connectivity index (χ3n) is 4.75. The summed E-state index contributed by atoms with van der Waals surface area (Å²) in [6.07, 6.45) is 3.32. The van der Waals surface area contributed by atoms with Crippen LogP contribution in [0.5, 0.6) is 0 Å². The molecule has 1 aliphatic rings. The zero-order valence-electron chi connectivity index (χ0n) is 16.1. The lowest BCUT2D eigenvalue weighted by atomic mass is 10.1. The molecule has 1 saturated heterocycles. The van der Waals surface area contributed by atoms with Crippen molar-refractivity contribution >= 4 is 50.7 Å². The lowest BCUT2D eigenvalue weighted by Crippen LogP contribution is -2.36. The molecule has 30 heavy (non-hydrogen) atoms. The number of anilines is 2. The number of fused-ring (bicyclic) bond motifs is 1. The van der Waals surface area contributed by atoms with E-state index in [1.807, 2.05) is 18.2 Å². The standard InChI is InChI=1S/C21H20N6O2S/c22-13-30-20(23)14-1-2-16-12-25-18(10-17(16)9-14)26-21(28)15-3-4-24-19(11-15)27-5-7-29-8-6-27/h1-4,9-13,22-23H,5-8H2,(H,25,26,28). The number of amides is 1. The first-order valence-corrected chi connectivity index (χ1v) is 10.3. The Kier molecular flexibility index (Phi) is 6.01. The molecule has 0 bridgehead atoms. The van der Waals surface area contributed by atoms with E-state index in [0.29, 0.717) is 35.2 Å². The van der Waals surface area contributed by atoms with Crippen LogP contribution in [-0.2, 0) is 4.74 Å². The van der Waals surface area contributed by atoms with Gasteiger partial charge in [-0.3, -0.25) is 10.2 Å². The van der Waals surface area contributed by atoms with Gasteiger partial charge in [0.05, 0.1) is 23.8 Å². The topological polar surface area (TPSA) is 115 Å². The molecule has 2 aromatic heterocycles. The van der Waals surface area contributed by atoms with Crippen molar-refractivity contribution in [1.82, 2.24) is 9.97 Å². The van der Waals surface area contributed by atoms with Gasteiger partial charge >= 0.3 is 0 Å². The summed E-state index contributed by atoms with van der Waals surface area (Å²) in [5, 5.41) is 20.0. The Morgan fingerprint density at radius 2 is 1.93 bits per heavy atom. The van der Waals surface area contributed by atoms with Gasteiger partial charge in [-0.2, -0.15) is 0 Å². The summed E-state index contributed by atoms with van der Waals surface area (Å²) < 4.78 is 5.37. The molecule has 8 nitrogen and oxygen atoms in total. The smallest absolute Gasteiger partial charge is 0.257 e. The van der Waals surface area contributed by atoms with Crippen LogP contribution in [0, 0.1) is 10.8 Å². The summed E-state index contributed by atoms with van der Waals surface area (Å²) in [6.45, 7) is 2.80. The highest BCUT2D eigenvalue weighted by molar-refractivity contribution is 8.25. The minimum absolute atomic E-state index is 0.262. The van der Waals surface area contributed by atoms with Crippen molar-refractivity contribution in [2.24, 2.45) is 0 Å². The van der Waals surface area contributed by atoms with Gasteiger partial charge in [0.15, 0.2) is 0 Å². The normalized spacial score (nSPS) is 13.8. The molecule has 1 fully saturated rings. The number of nitrogens with one attached hydrogen (secondary N) is 3. The fourth-order valence-electron chi connectivity index (χ4n) is 3.19. The molecule has 0 radical (unpaired) electrons. The van der Waals surface area contributed by atoms with E-state index in [2.05, 4.69) is 20.2 Å². The Bertz CT molecular complexity index is 1110. The van der Waals surface area contributed by atoms with Gasteiger partial charge < -0.3 is 20.4 Å². The second-order valence-electron chi connectivity index (χ2n) is 6.65. The number of thioether (sulfide) groups is 1. The lowest BCUT2D eigenvalue weighted by Gasteiger charge is -2.27. The van der Waals surface area contributed by atoms with Crippen molar-refractivity contribution in [3.63, 3.8) is 0 Å². The number of carbonyl (C=O) groups is 1. The summed E-state index contributed by atoms with van der Waals surface area (Å²) in [5.41, 5.74) is 2.35. The number of carbonyl (C=O) groups excluding carboxylic acids is 1. The SMILES string of the molecule is N=CSC(=N)c1ccc2cnc(NC(=O)c3ccnc(N4CCOCC4)c3)cc2c1. The number of hydrogen-bond acceptors (Lipinski definition) is 8. The van der Waals surface area contributed by atoms with Gasteiger partial charge in [-0.25, -0.2) is 9.97 Å². The Labute approximate surface area is 177 Å². The fourth-order valence-corrected chi connectivity index (χ4v) is 3.57. The van der Waals surface area contributed by atoms with E-state index in [9.17, 15) is 4.79 Å². The predicted molar refractivity (Wildman–Crippen MR) is 120 cm³/mol. The summed E-state index contributed by atoms with van der Waals surface area (Å²) in [7, 11) is 0. The number of ether oxygens (including phenoxy) is 1. The molecule has 0 atom stereocenters. The maximum absolute atomic E-state index is 12.8. The third kappa shape index (κ3) is 4.47. The van der Waals surface area contributed by atoms with Gasteiger partial charge in [0.1, 0.15) is 11.6 Å². The van der Waals surface area contributed by atoms with Crippen LogP contribution in [0.2, 0.25) is 0 Å². The van der Waals surface area contributed by atoms with E-state index in [1.54, 1.807) is 30.6 Å². The van der Waals surface area contributed by atoms with Crippen molar-refractivity contribution < 1.29 is 9.53 Å². The monoisotopic (exact) mass is 420 g/mol. The number of pyridine rings is 2. The Morgan fingerprint density at radius 1 is 1.10 bits per heavy atom. The van der Waals surface area contributed by atoms with E-state index in [0.717, 1.165) is 47.0 Å². The molecular weight excluding hydrogens is 400 g/mol. The minimum Gasteiger partial charge on any atom is -0.378 e. The van der Waals surface area contributed by atoms with E-state index < -0.39 is 0 Å². The van der Waals surface area contributed by atoms with Crippen LogP contribution < -0.4 is 10.2 Å². The van der Waals surface area contributed by atoms with Gasteiger partial charge in [0, 0.05) is 42.0 Å². The Morgan fingerprint density at radius 3 is 2.73 bits per heavy atom. The number of benzene rings is 1. The highest BCUT2D eigenvalue weighted by Crippen LogP contribution is 2.21. The predicted octanol–water partition coefficient (Wildman–Crippen LogP) is 3.38. The quantitative estimate of drug-likeness (QED) is 0.431. The van der Waals surface area contributed by atoms with Crippen LogP contribution in [0.3, 0.4) is 0 Å². The van der Waals surface area contributed by atoms with Crippen molar-refractivity contribution in [3.8, 4) is 0 Å². The largest absolute Gasteiger partial charge is 0.378 e. The van der Waals surface area contributed by atoms with E-state index in [-0.39, 0.29) is 5.91 Å². The highest BCUT2D eigenvalue weighted by atomic mass is 32.2. The molecule has 3 aromatic rings. The Balaban J connectivity index is 1.54. The van der Waals surface area contributed by atoms with Gasteiger partial charge in [-0.1, -0.05) is 23.9 Å². The maximum Gasteiger partial charge on any atom is 0.257 e. The van der Waals surface area contributed by atoms with E-state index >= 15 is 0 Å². The van der Waals surface area contributed by atoms with Gasteiger partial charge in [-0.05, 0) is 29.7 Å². The number of aromatic nitrogens is 2. The van der Waals surface area contributed by atoms with Crippen LogP contribution in [0.4, 0.5) is 11.6 Å². The Hall–Kier alpha value is -3.30. The first-order valence-electron chi connectivity index (χ1n) is 9.38. The first kappa shape index (κ1) is 20.0. The molecule has 3 N–H and O–H groups in total. The second kappa shape index (κ2) is 9.02.